The first kappa shape index (κ1) is 27.5. The summed E-state index contributed by atoms with van der Waals surface area (Å²) in [6.45, 7) is 2.89. The Labute approximate surface area is 241 Å². The molecule has 0 saturated heterocycles. The summed E-state index contributed by atoms with van der Waals surface area (Å²) in [5.41, 5.74) is 3.97. The number of pyridine rings is 1. The molecular weight excluding hydrogens is 542 g/mol. The van der Waals surface area contributed by atoms with Gasteiger partial charge in [0, 0.05) is 31.5 Å². The molecule has 4 atom stereocenters. The van der Waals surface area contributed by atoms with Crippen LogP contribution in [0.1, 0.15) is 36.6 Å². The smallest absolute Gasteiger partial charge is 0.230 e. The Hall–Kier alpha value is -3.71. The van der Waals surface area contributed by atoms with Gasteiger partial charge in [0.05, 0.1) is 46.3 Å². The SMILES string of the molecule is COCCNc1nc(C)c(-c2nc3c(C4CC4)nccc3s2)c(N[C@@H]2C[C@H](C(=O)Nc3ccccc3)[C@@H](O)[C@H]2O)n1. The molecule has 0 aliphatic heterocycles. The van der Waals surface area contributed by atoms with E-state index in [-0.39, 0.29) is 12.3 Å². The fraction of sp³-hybridized carbons (Fsp3) is 0.414. The summed E-state index contributed by atoms with van der Waals surface area (Å²) in [6.07, 6.45) is 1.87. The van der Waals surface area contributed by atoms with Crippen molar-refractivity contribution in [2.45, 2.75) is 50.4 Å². The van der Waals surface area contributed by atoms with E-state index in [0.717, 1.165) is 33.8 Å². The van der Waals surface area contributed by atoms with E-state index in [1.807, 2.05) is 37.4 Å². The average molecular weight is 576 g/mol. The maximum Gasteiger partial charge on any atom is 0.230 e. The Bertz CT molecular complexity index is 1550. The molecule has 2 saturated carbocycles. The van der Waals surface area contributed by atoms with Crippen LogP contribution >= 0.6 is 11.3 Å². The lowest BCUT2D eigenvalue weighted by Crippen LogP contribution is -2.37. The molecule has 0 bridgehead atoms. The standard InChI is InChI=1S/C29H33N7O4S/c1-15-21(28-35-23-20(41-28)10-11-30-22(23)16-8-9-16)26(36-29(32-15)31-12-13-40-2)34-19-14-18(24(37)25(19)38)27(39)33-17-6-4-3-5-7-17/h3-7,10-11,16,18-19,24-25,37-38H,8-9,12-14H2,1-2H3,(H,33,39)(H2,31,32,34,36)/t18-,19+,24+,25-/m0/s1. The number of ether oxygens (including phenoxy) is 1. The van der Waals surface area contributed by atoms with Crippen molar-refractivity contribution in [1.29, 1.82) is 0 Å². The number of rotatable bonds is 10. The normalized spacial score (nSPS) is 22.1. The highest BCUT2D eigenvalue weighted by Gasteiger charge is 2.45. The summed E-state index contributed by atoms with van der Waals surface area (Å²) in [5, 5.41) is 32.0. The largest absolute Gasteiger partial charge is 0.390 e. The van der Waals surface area contributed by atoms with Gasteiger partial charge in [-0.2, -0.15) is 4.98 Å². The number of benzene rings is 1. The summed E-state index contributed by atoms with van der Waals surface area (Å²) >= 11 is 1.54. The predicted octanol–water partition coefficient (Wildman–Crippen LogP) is 3.55. The van der Waals surface area contributed by atoms with E-state index in [1.165, 1.54) is 0 Å². The van der Waals surface area contributed by atoms with Crippen molar-refractivity contribution in [2.24, 2.45) is 5.92 Å². The number of aliphatic hydroxyl groups excluding tert-OH is 2. The second kappa shape index (κ2) is 11.6. The number of aryl methyl sites for hydroxylation is 1. The number of methoxy groups -OCH3 is 1. The fourth-order valence-electron chi connectivity index (χ4n) is 5.28. The Morgan fingerprint density at radius 3 is 2.66 bits per heavy atom. The number of thiazole rings is 1. The van der Waals surface area contributed by atoms with Gasteiger partial charge < -0.3 is 30.9 Å². The van der Waals surface area contributed by atoms with Crippen LogP contribution in [0.3, 0.4) is 0 Å². The van der Waals surface area contributed by atoms with Crippen molar-refractivity contribution in [2.75, 3.05) is 36.2 Å². The molecule has 6 rings (SSSR count). The molecule has 3 aromatic heterocycles. The van der Waals surface area contributed by atoms with Crippen LogP contribution in [0.5, 0.6) is 0 Å². The predicted molar refractivity (Wildman–Crippen MR) is 158 cm³/mol. The number of hydrogen-bond donors (Lipinski definition) is 5. The van der Waals surface area contributed by atoms with Crippen molar-refractivity contribution in [3.8, 4) is 10.6 Å². The number of para-hydroxylation sites is 1. The van der Waals surface area contributed by atoms with Crippen molar-refractivity contribution in [1.82, 2.24) is 19.9 Å². The molecule has 0 spiro atoms. The molecule has 2 aliphatic carbocycles. The summed E-state index contributed by atoms with van der Waals surface area (Å²) in [7, 11) is 1.62. The molecule has 1 amide bonds. The highest BCUT2D eigenvalue weighted by Crippen LogP contribution is 2.44. The number of amides is 1. The Morgan fingerprint density at radius 2 is 1.90 bits per heavy atom. The molecular formula is C29H33N7O4S. The van der Waals surface area contributed by atoms with Gasteiger partial charge in [0.25, 0.3) is 0 Å². The van der Waals surface area contributed by atoms with Crippen LogP contribution in [-0.4, -0.2) is 74.6 Å². The summed E-state index contributed by atoms with van der Waals surface area (Å²) in [6, 6.07) is 10.4. The number of aliphatic hydroxyl groups is 2. The van der Waals surface area contributed by atoms with Crippen LogP contribution in [0.4, 0.5) is 17.5 Å². The Kier molecular flexibility index (Phi) is 7.80. The van der Waals surface area contributed by atoms with Crippen LogP contribution in [-0.2, 0) is 9.53 Å². The molecule has 0 radical (unpaired) electrons. The maximum absolute atomic E-state index is 13.0. The lowest BCUT2D eigenvalue weighted by atomic mass is 10.0. The number of nitrogens with one attached hydrogen (secondary N) is 3. The van der Waals surface area contributed by atoms with Crippen LogP contribution < -0.4 is 16.0 Å². The second-order valence-electron chi connectivity index (χ2n) is 10.5. The van der Waals surface area contributed by atoms with Gasteiger partial charge in [-0.3, -0.25) is 9.78 Å². The van der Waals surface area contributed by atoms with E-state index in [0.29, 0.717) is 47.8 Å². The first-order valence-corrected chi connectivity index (χ1v) is 14.6. The van der Waals surface area contributed by atoms with Crippen LogP contribution in [0.2, 0.25) is 0 Å². The zero-order chi connectivity index (χ0) is 28.5. The minimum atomic E-state index is -1.24. The van der Waals surface area contributed by atoms with Gasteiger partial charge in [-0.1, -0.05) is 18.2 Å². The van der Waals surface area contributed by atoms with E-state index in [9.17, 15) is 15.0 Å². The molecule has 3 heterocycles. The highest BCUT2D eigenvalue weighted by atomic mass is 32.1. The van der Waals surface area contributed by atoms with Crippen molar-refractivity contribution in [3.05, 3.63) is 54.0 Å². The molecule has 0 unspecified atom stereocenters. The topological polar surface area (TPSA) is 154 Å². The third kappa shape index (κ3) is 5.73. The quantitative estimate of drug-likeness (QED) is 0.177. The number of aromatic nitrogens is 4. The number of hydrogen-bond acceptors (Lipinski definition) is 11. The van der Waals surface area contributed by atoms with Gasteiger partial charge in [-0.05, 0) is 44.4 Å². The highest BCUT2D eigenvalue weighted by molar-refractivity contribution is 7.21. The number of carbonyl (C=O) groups is 1. The molecule has 2 fully saturated rings. The van der Waals surface area contributed by atoms with E-state index in [4.69, 9.17) is 14.7 Å². The first-order valence-electron chi connectivity index (χ1n) is 13.8. The number of nitrogens with zero attached hydrogens (tertiary/aromatic N) is 4. The van der Waals surface area contributed by atoms with E-state index >= 15 is 0 Å². The summed E-state index contributed by atoms with van der Waals surface area (Å²) < 4.78 is 6.19. The van der Waals surface area contributed by atoms with Crippen molar-refractivity contribution < 1.29 is 19.7 Å². The molecule has 214 valence electrons. The van der Waals surface area contributed by atoms with Gasteiger partial charge >= 0.3 is 0 Å². The zero-order valence-corrected chi connectivity index (χ0v) is 23.7. The molecule has 12 heteroatoms. The number of anilines is 3. The molecule has 4 aromatic rings. The van der Waals surface area contributed by atoms with E-state index in [1.54, 1.807) is 30.6 Å². The first-order chi connectivity index (χ1) is 19.9. The molecule has 1 aromatic carbocycles. The van der Waals surface area contributed by atoms with Crippen LogP contribution in [0.15, 0.2) is 42.6 Å². The van der Waals surface area contributed by atoms with E-state index < -0.39 is 24.2 Å². The zero-order valence-electron chi connectivity index (χ0n) is 22.9. The van der Waals surface area contributed by atoms with Crippen LogP contribution in [0, 0.1) is 12.8 Å². The summed E-state index contributed by atoms with van der Waals surface area (Å²) in [4.78, 5) is 32.1. The third-order valence-corrected chi connectivity index (χ3v) is 8.61. The monoisotopic (exact) mass is 575 g/mol. The minimum absolute atomic E-state index is 0.214. The van der Waals surface area contributed by atoms with Gasteiger partial charge in [0.15, 0.2) is 0 Å². The third-order valence-electron chi connectivity index (χ3n) is 7.58. The molecule has 2 aliphatic rings. The van der Waals surface area contributed by atoms with Crippen molar-refractivity contribution in [3.63, 3.8) is 0 Å². The Balaban J connectivity index is 1.31. The molecule has 11 nitrogen and oxygen atoms in total. The molecule has 5 N–H and O–H groups in total. The van der Waals surface area contributed by atoms with E-state index in [2.05, 4.69) is 25.9 Å². The summed E-state index contributed by atoms with van der Waals surface area (Å²) in [5.74, 6) is 0.170. The Morgan fingerprint density at radius 1 is 1.10 bits per heavy atom. The van der Waals surface area contributed by atoms with Crippen molar-refractivity contribution >= 4 is 44.9 Å². The van der Waals surface area contributed by atoms with Gasteiger partial charge in [-0.25, -0.2) is 9.97 Å². The van der Waals surface area contributed by atoms with Gasteiger partial charge in [-0.15, -0.1) is 11.3 Å². The average Bonchev–Trinajstić information content (AvgIpc) is 3.66. The fourth-order valence-corrected chi connectivity index (χ4v) is 6.35. The number of carbonyl (C=O) groups excluding carboxylic acids is 1. The second-order valence-corrected chi connectivity index (χ2v) is 11.6. The lowest BCUT2D eigenvalue weighted by Gasteiger charge is -2.21. The van der Waals surface area contributed by atoms with Gasteiger partial charge in [0.1, 0.15) is 22.4 Å². The molecule has 41 heavy (non-hydrogen) atoms. The maximum atomic E-state index is 13.0. The van der Waals surface area contributed by atoms with Crippen LogP contribution in [0.25, 0.3) is 20.8 Å². The number of fused-ring (bicyclic) bond motifs is 1. The van der Waals surface area contributed by atoms with Gasteiger partial charge in [0.2, 0.25) is 11.9 Å². The lowest BCUT2D eigenvalue weighted by molar-refractivity contribution is -0.123. The minimum Gasteiger partial charge on any atom is -0.390 e.